The summed E-state index contributed by atoms with van der Waals surface area (Å²) in [4.78, 5) is 0. The Morgan fingerprint density at radius 1 is 1.05 bits per heavy atom. The first-order valence-electron chi connectivity index (χ1n) is 6.04. The van der Waals surface area contributed by atoms with Crippen LogP contribution in [0.3, 0.4) is 0 Å². The fraction of sp³-hybridized carbons (Fsp3) is 0.200. The SMILES string of the molecule is COc1ccc(CNc2c(F)ccc(C)c2F)c(F)c1. The van der Waals surface area contributed by atoms with Gasteiger partial charge in [-0.2, -0.15) is 0 Å². The van der Waals surface area contributed by atoms with E-state index in [1.165, 1.54) is 38.3 Å². The van der Waals surface area contributed by atoms with Gasteiger partial charge in [-0.15, -0.1) is 0 Å². The Bertz CT molecular complexity index is 629. The molecule has 0 saturated heterocycles. The van der Waals surface area contributed by atoms with Crippen LogP contribution in [-0.4, -0.2) is 7.11 Å². The highest BCUT2D eigenvalue weighted by Gasteiger charge is 2.12. The first kappa shape index (κ1) is 14.2. The highest BCUT2D eigenvalue weighted by Crippen LogP contribution is 2.23. The summed E-state index contributed by atoms with van der Waals surface area (Å²) < 4.78 is 45.9. The summed E-state index contributed by atoms with van der Waals surface area (Å²) in [7, 11) is 1.43. The zero-order chi connectivity index (χ0) is 14.7. The fourth-order valence-electron chi connectivity index (χ4n) is 1.80. The molecule has 0 heterocycles. The van der Waals surface area contributed by atoms with Crippen LogP contribution in [0.25, 0.3) is 0 Å². The number of aryl methyl sites for hydroxylation is 1. The summed E-state index contributed by atoms with van der Waals surface area (Å²) in [5, 5.41) is 2.59. The third kappa shape index (κ3) is 2.87. The molecule has 0 saturated carbocycles. The van der Waals surface area contributed by atoms with Crippen LogP contribution in [0.4, 0.5) is 18.9 Å². The molecule has 0 spiro atoms. The lowest BCUT2D eigenvalue weighted by atomic mass is 10.1. The summed E-state index contributed by atoms with van der Waals surface area (Å²) >= 11 is 0. The Morgan fingerprint density at radius 2 is 1.80 bits per heavy atom. The molecule has 2 rings (SSSR count). The number of hydrogen-bond acceptors (Lipinski definition) is 2. The second kappa shape index (κ2) is 5.86. The Labute approximate surface area is 115 Å². The van der Waals surface area contributed by atoms with Crippen molar-refractivity contribution in [3.8, 4) is 5.75 Å². The van der Waals surface area contributed by atoms with Gasteiger partial charge in [0.15, 0.2) is 5.82 Å². The third-order valence-corrected chi connectivity index (χ3v) is 3.00. The Morgan fingerprint density at radius 3 is 2.45 bits per heavy atom. The Balaban J connectivity index is 2.19. The van der Waals surface area contributed by atoms with Crippen LogP contribution in [0.2, 0.25) is 0 Å². The standard InChI is InChI=1S/C15H14F3NO/c1-9-3-6-12(16)15(14(9)18)19-8-10-4-5-11(20-2)7-13(10)17/h3-7,19H,8H2,1-2H3. The summed E-state index contributed by atoms with van der Waals surface area (Å²) in [6.07, 6.45) is 0. The van der Waals surface area contributed by atoms with E-state index >= 15 is 0 Å². The third-order valence-electron chi connectivity index (χ3n) is 3.00. The van der Waals surface area contributed by atoms with Gasteiger partial charge in [0.05, 0.1) is 7.11 Å². The van der Waals surface area contributed by atoms with Gasteiger partial charge in [-0.05, 0) is 24.6 Å². The predicted octanol–water partition coefficient (Wildman–Crippen LogP) is 4.03. The molecule has 0 aliphatic rings. The molecular weight excluding hydrogens is 267 g/mol. The van der Waals surface area contributed by atoms with Gasteiger partial charge >= 0.3 is 0 Å². The number of rotatable bonds is 4. The second-order valence-corrected chi connectivity index (χ2v) is 4.36. The van der Waals surface area contributed by atoms with E-state index in [-0.39, 0.29) is 12.2 Å². The Hall–Kier alpha value is -2.17. The number of nitrogens with one attached hydrogen (secondary N) is 1. The first-order chi connectivity index (χ1) is 9.52. The number of halogens is 3. The van der Waals surface area contributed by atoms with Crippen LogP contribution in [0.15, 0.2) is 30.3 Å². The molecule has 0 aliphatic heterocycles. The van der Waals surface area contributed by atoms with Gasteiger partial charge in [0.1, 0.15) is 23.1 Å². The lowest BCUT2D eigenvalue weighted by Crippen LogP contribution is -2.06. The summed E-state index contributed by atoms with van der Waals surface area (Å²) in [6.45, 7) is 1.51. The van der Waals surface area contributed by atoms with Crippen molar-refractivity contribution in [2.45, 2.75) is 13.5 Å². The van der Waals surface area contributed by atoms with Crippen molar-refractivity contribution >= 4 is 5.69 Å². The van der Waals surface area contributed by atoms with Crippen LogP contribution in [0, 0.1) is 24.4 Å². The summed E-state index contributed by atoms with van der Waals surface area (Å²) in [5.41, 5.74) is 0.371. The topological polar surface area (TPSA) is 21.3 Å². The number of hydrogen-bond donors (Lipinski definition) is 1. The highest BCUT2D eigenvalue weighted by atomic mass is 19.1. The van der Waals surface area contributed by atoms with Crippen molar-refractivity contribution in [1.82, 2.24) is 0 Å². The first-order valence-corrected chi connectivity index (χ1v) is 6.04. The fourth-order valence-corrected chi connectivity index (χ4v) is 1.80. The molecule has 20 heavy (non-hydrogen) atoms. The molecule has 0 aliphatic carbocycles. The lowest BCUT2D eigenvalue weighted by Gasteiger charge is -2.11. The monoisotopic (exact) mass is 281 g/mol. The quantitative estimate of drug-likeness (QED) is 0.913. The molecule has 0 unspecified atom stereocenters. The smallest absolute Gasteiger partial charge is 0.152 e. The minimum Gasteiger partial charge on any atom is -0.497 e. The van der Waals surface area contributed by atoms with E-state index in [0.717, 1.165) is 0 Å². The number of ether oxygens (including phenoxy) is 1. The maximum atomic E-state index is 13.8. The Kier molecular flexibility index (Phi) is 4.17. The van der Waals surface area contributed by atoms with E-state index in [0.29, 0.717) is 16.9 Å². The number of benzene rings is 2. The predicted molar refractivity (Wildman–Crippen MR) is 71.4 cm³/mol. The van der Waals surface area contributed by atoms with Gasteiger partial charge < -0.3 is 10.1 Å². The van der Waals surface area contributed by atoms with Crippen LogP contribution in [0.1, 0.15) is 11.1 Å². The molecule has 0 atom stereocenters. The van der Waals surface area contributed by atoms with Crippen molar-refractivity contribution in [2.24, 2.45) is 0 Å². The molecule has 5 heteroatoms. The second-order valence-electron chi connectivity index (χ2n) is 4.36. The molecular formula is C15H14F3NO. The molecule has 0 bridgehead atoms. The van der Waals surface area contributed by atoms with E-state index in [1.54, 1.807) is 6.07 Å². The largest absolute Gasteiger partial charge is 0.497 e. The van der Waals surface area contributed by atoms with Gasteiger partial charge in [-0.1, -0.05) is 12.1 Å². The zero-order valence-electron chi connectivity index (χ0n) is 11.1. The molecule has 0 fully saturated rings. The van der Waals surface area contributed by atoms with Crippen LogP contribution < -0.4 is 10.1 Å². The van der Waals surface area contributed by atoms with E-state index < -0.39 is 17.5 Å². The lowest BCUT2D eigenvalue weighted by molar-refractivity contribution is 0.411. The van der Waals surface area contributed by atoms with E-state index in [2.05, 4.69) is 5.32 Å². The van der Waals surface area contributed by atoms with Crippen LogP contribution in [0.5, 0.6) is 5.75 Å². The highest BCUT2D eigenvalue weighted by molar-refractivity contribution is 5.49. The molecule has 0 aromatic heterocycles. The van der Waals surface area contributed by atoms with Gasteiger partial charge in [-0.25, -0.2) is 13.2 Å². The van der Waals surface area contributed by atoms with Crippen molar-refractivity contribution in [3.05, 3.63) is 58.9 Å². The number of anilines is 1. The summed E-state index contributed by atoms with van der Waals surface area (Å²) in [5.74, 6) is -1.48. The molecule has 2 nitrogen and oxygen atoms in total. The summed E-state index contributed by atoms with van der Waals surface area (Å²) in [6, 6.07) is 6.84. The maximum Gasteiger partial charge on any atom is 0.152 e. The molecule has 0 amide bonds. The van der Waals surface area contributed by atoms with Crippen LogP contribution >= 0.6 is 0 Å². The van der Waals surface area contributed by atoms with Gasteiger partial charge in [0.25, 0.3) is 0 Å². The minimum absolute atomic E-state index is 0.0207. The molecule has 1 N–H and O–H groups in total. The van der Waals surface area contributed by atoms with Gasteiger partial charge in [0.2, 0.25) is 0 Å². The maximum absolute atomic E-state index is 13.8. The average Bonchev–Trinajstić information content (AvgIpc) is 2.44. The van der Waals surface area contributed by atoms with E-state index in [4.69, 9.17) is 4.74 Å². The van der Waals surface area contributed by atoms with Crippen molar-refractivity contribution in [1.29, 1.82) is 0 Å². The molecule has 2 aromatic carbocycles. The minimum atomic E-state index is -0.706. The van der Waals surface area contributed by atoms with E-state index in [1.807, 2.05) is 0 Å². The van der Waals surface area contributed by atoms with E-state index in [9.17, 15) is 13.2 Å². The number of methoxy groups -OCH3 is 1. The van der Waals surface area contributed by atoms with Crippen LogP contribution in [-0.2, 0) is 6.54 Å². The average molecular weight is 281 g/mol. The normalized spacial score (nSPS) is 10.4. The van der Waals surface area contributed by atoms with Crippen molar-refractivity contribution in [2.75, 3.05) is 12.4 Å². The van der Waals surface area contributed by atoms with Gasteiger partial charge in [0, 0.05) is 18.2 Å². The molecule has 2 aromatic rings. The molecule has 106 valence electrons. The van der Waals surface area contributed by atoms with Crippen molar-refractivity contribution < 1.29 is 17.9 Å². The van der Waals surface area contributed by atoms with Gasteiger partial charge in [-0.3, -0.25) is 0 Å². The molecule has 0 radical (unpaired) electrons. The zero-order valence-corrected chi connectivity index (χ0v) is 11.1. The van der Waals surface area contributed by atoms with Crippen molar-refractivity contribution in [3.63, 3.8) is 0 Å².